The normalized spacial score (nSPS) is 5.85. The molecular weight excluding hydrogens is 785 g/mol. The Hall–Kier alpha value is -3.06. The van der Waals surface area contributed by atoms with Crippen LogP contribution < -0.4 is 0 Å². The Kier molecular flexibility index (Phi) is 114. The Bertz CT molecular complexity index is 480. The van der Waals surface area contributed by atoms with E-state index in [1.54, 1.807) is 0 Å². The predicted molar refractivity (Wildman–Crippen MR) is 117 cm³/mol. The summed E-state index contributed by atoms with van der Waals surface area (Å²) < 4.78 is 87.4. The summed E-state index contributed by atoms with van der Waals surface area (Å²) in [5, 5.41) is 0. The van der Waals surface area contributed by atoms with Crippen molar-refractivity contribution in [1.82, 2.24) is 0 Å². The molecule has 0 aliphatic heterocycles. The van der Waals surface area contributed by atoms with Crippen LogP contribution in [0.25, 0.3) is 0 Å². The van der Waals surface area contributed by atoms with E-state index < -0.39 is 91.7 Å². The van der Waals surface area contributed by atoms with Crippen LogP contribution in [0.5, 0.6) is 0 Å². The molecule has 0 aromatic heterocycles. The van der Waals surface area contributed by atoms with Gasteiger partial charge in [0.1, 0.15) is 0 Å². The zero-order valence-corrected chi connectivity index (χ0v) is 30.1. The van der Waals surface area contributed by atoms with Crippen LogP contribution in [0.3, 0.4) is 0 Å². The molecule has 41 heavy (non-hydrogen) atoms. The summed E-state index contributed by atoms with van der Waals surface area (Å²) in [4.78, 5) is 143. The van der Waals surface area contributed by atoms with Gasteiger partial charge in [-0.2, -0.15) is 0 Å². The van der Waals surface area contributed by atoms with Crippen LogP contribution in [0, 0.1) is 0 Å². The quantitative estimate of drug-likeness (QED) is 0.101. The van der Waals surface area contributed by atoms with E-state index in [0.717, 1.165) is 0 Å². The van der Waals surface area contributed by atoms with E-state index in [1.807, 2.05) is 0 Å². The minimum absolute atomic E-state index is 0. The molecule has 0 heterocycles. The second-order valence-electron chi connectivity index (χ2n) is 2.83. The molecule has 20 N–H and O–H groups in total. The molecule has 0 saturated carbocycles. The van der Waals surface area contributed by atoms with Crippen LogP contribution >= 0.6 is 0 Å². The number of hydrogen-bond donors (Lipinski definition) is 20. The van der Waals surface area contributed by atoms with Gasteiger partial charge in [0, 0.05) is 0 Å². The Morgan fingerprint density at radius 2 is 0.195 bits per heavy atom. The third-order valence-electron chi connectivity index (χ3n) is 0. The summed E-state index contributed by atoms with van der Waals surface area (Å²) in [6.45, 7) is 0. The first kappa shape index (κ1) is 71.3. The average Bonchev–Trinajstić information content (AvgIpc) is 2.47. The molecule has 0 bridgehead atoms. The van der Waals surface area contributed by atoms with E-state index in [-0.39, 0.29) is 25.9 Å². The van der Waals surface area contributed by atoms with Gasteiger partial charge in [-0.25, -0.2) is 0 Å². The van der Waals surface area contributed by atoms with Gasteiger partial charge in [-0.1, -0.05) is 0 Å². The SMILES string of the molecule is O=[Si](O)O.O=[Si](O)O.O=[Si](O)O.O=[Si](O)O.O=[Si](O)O.O=[Si](O)O.O=[Si](O)O.O=[Si](O)O.O=[Si](O)O.O=[Si](O)O.[H-].[H-].[Mg+2]. The van der Waals surface area contributed by atoms with E-state index in [2.05, 4.69) is 0 Å². The van der Waals surface area contributed by atoms with Crippen molar-refractivity contribution in [2.24, 2.45) is 0 Å². The van der Waals surface area contributed by atoms with Gasteiger partial charge in [-0.15, -0.1) is 0 Å². The van der Waals surface area contributed by atoms with Crippen LogP contribution in [0.2, 0.25) is 0 Å². The van der Waals surface area contributed by atoms with Crippen molar-refractivity contribution in [3.8, 4) is 0 Å². The Labute approximate surface area is 257 Å². The number of hydrogen-bond acceptors (Lipinski definition) is 10. The van der Waals surface area contributed by atoms with Crippen LogP contribution in [-0.2, 0) is 44.6 Å². The molecule has 0 rings (SSSR count). The monoisotopic (exact) mass is 806 g/mol. The Morgan fingerprint density at radius 1 is 0.195 bits per heavy atom. The molecule has 0 aliphatic carbocycles. The molecule has 244 valence electrons. The molecule has 0 atom stereocenters. The maximum Gasteiger partial charge on any atom is 2.00 e. The molecule has 30 nitrogen and oxygen atoms in total. The summed E-state index contributed by atoms with van der Waals surface area (Å²) in [5.74, 6) is 0. The first-order valence-corrected chi connectivity index (χ1v) is 19.5. The fourth-order valence-corrected chi connectivity index (χ4v) is 0. The van der Waals surface area contributed by atoms with Crippen LogP contribution in [-0.4, -0.2) is 211 Å². The molecule has 0 aliphatic rings. The van der Waals surface area contributed by atoms with E-state index in [9.17, 15) is 0 Å². The predicted octanol–water partition coefficient (Wildman–Crippen LogP) is -16.3. The molecular formula is H22MgO30Si10. The van der Waals surface area contributed by atoms with Gasteiger partial charge in [0.25, 0.3) is 0 Å². The summed E-state index contributed by atoms with van der Waals surface area (Å²) in [6.07, 6.45) is 0. The summed E-state index contributed by atoms with van der Waals surface area (Å²) in [7, 11) is -31.3. The van der Waals surface area contributed by atoms with E-state index in [4.69, 9.17) is 141 Å². The van der Waals surface area contributed by atoms with Crippen LogP contribution in [0.15, 0.2) is 0 Å². The number of rotatable bonds is 0. The first-order chi connectivity index (χ1) is 17.3. The summed E-state index contributed by atoms with van der Waals surface area (Å²) >= 11 is 0. The smallest absolute Gasteiger partial charge is 1.00 e. The molecule has 41 heteroatoms. The topological polar surface area (TPSA) is 575 Å². The van der Waals surface area contributed by atoms with Gasteiger partial charge in [-0.3, -0.25) is 44.6 Å². The standard InChI is InChI=1S/Mg.10H2O3Si.2H/c;10*1-4(2)3;;/h;10*1-2H;;/q+2;;;;;;;;;;;2*-1. The van der Waals surface area contributed by atoms with Gasteiger partial charge < -0.3 is 98.8 Å². The summed E-state index contributed by atoms with van der Waals surface area (Å²) in [5.41, 5.74) is 0. The Balaban J connectivity index is -0.0000000210. The molecule has 0 radical (unpaired) electrons. The molecule has 0 aromatic rings. The minimum Gasteiger partial charge on any atom is -1.00 e. The summed E-state index contributed by atoms with van der Waals surface area (Å²) in [6, 6.07) is 0. The third-order valence-corrected chi connectivity index (χ3v) is 0. The van der Waals surface area contributed by atoms with Crippen molar-refractivity contribution in [2.45, 2.75) is 0 Å². The Morgan fingerprint density at radius 3 is 0.195 bits per heavy atom. The first-order valence-electron chi connectivity index (χ1n) is 6.51. The fourth-order valence-electron chi connectivity index (χ4n) is 0. The fraction of sp³-hybridized carbons (Fsp3) is 0. The molecule has 0 amide bonds. The van der Waals surface area contributed by atoms with Crippen molar-refractivity contribution in [3.63, 3.8) is 0 Å². The minimum atomic E-state index is -3.13. The zero-order chi connectivity index (χ0) is 35.8. The molecule has 0 unspecified atom stereocenters. The molecule has 0 fully saturated rings. The van der Waals surface area contributed by atoms with Gasteiger partial charge in [0.15, 0.2) is 0 Å². The molecule has 0 saturated heterocycles. The second kappa shape index (κ2) is 65.7. The van der Waals surface area contributed by atoms with Gasteiger partial charge in [0.2, 0.25) is 0 Å². The van der Waals surface area contributed by atoms with Gasteiger partial charge in [-0.05, 0) is 0 Å². The second-order valence-corrected chi connectivity index (χ2v) is 8.48. The molecule has 0 aromatic carbocycles. The largest absolute Gasteiger partial charge is 2.00 e. The van der Waals surface area contributed by atoms with Crippen molar-refractivity contribution in [3.05, 3.63) is 0 Å². The van der Waals surface area contributed by atoms with Gasteiger partial charge in [0.05, 0.1) is 0 Å². The van der Waals surface area contributed by atoms with Crippen molar-refractivity contribution in [1.29, 1.82) is 0 Å². The van der Waals surface area contributed by atoms with E-state index in [1.165, 1.54) is 0 Å². The van der Waals surface area contributed by atoms with Crippen LogP contribution in [0.4, 0.5) is 0 Å². The maximum absolute atomic E-state index is 8.74. The van der Waals surface area contributed by atoms with Crippen molar-refractivity contribution >= 4 is 115 Å². The maximum atomic E-state index is 8.74. The molecule has 0 spiro atoms. The van der Waals surface area contributed by atoms with Crippen molar-refractivity contribution in [2.75, 3.05) is 0 Å². The van der Waals surface area contributed by atoms with Crippen LogP contribution in [0.1, 0.15) is 2.85 Å². The van der Waals surface area contributed by atoms with Gasteiger partial charge >= 0.3 is 115 Å². The third kappa shape index (κ3) is 4800. The van der Waals surface area contributed by atoms with E-state index in [0.29, 0.717) is 0 Å². The zero-order valence-electron chi connectivity index (χ0n) is 20.7. The average molecular weight is 807 g/mol. The van der Waals surface area contributed by atoms with Crippen molar-refractivity contribution < 1.29 is 143 Å². The van der Waals surface area contributed by atoms with E-state index >= 15 is 0 Å².